The van der Waals surface area contributed by atoms with Crippen molar-refractivity contribution in [2.24, 2.45) is 0 Å². The van der Waals surface area contributed by atoms with Crippen LogP contribution in [0.3, 0.4) is 0 Å². The molecule has 1 heterocycles. The molecule has 0 saturated carbocycles. The van der Waals surface area contributed by atoms with E-state index in [9.17, 15) is 24.6 Å². The number of phenolic OH excluding ortho intramolecular Hbond substituents is 2. The summed E-state index contributed by atoms with van der Waals surface area (Å²) >= 11 is 0.792. The Morgan fingerprint density at radius 1 is 1.07 bits per heavy atom. The van der Waals surface area contributed by atoms with Gasteiger partial charge in [0, 0.05) is 24.7 Å². The van der Waals surface area contributed by atoms with E-state index in [1.807, 2.05) is 0 Å². The van der Waals surface area contributed by atoms with E-state index in [0.29, 0.717) is 11.3 Å². The highest BCUT2D eigenvalue weighted by Gasteiger charge is 2.35. The number of rotatable bonds is 5. The molecule has 138 valence electrons. The highest BCUT2D eigenvalue weighted by atomic mass is 32.2. The van der Waals surface area contributed by atoms with Crippen molar-refractivity contribution >= 4 is 40.6 Å². The summed E-state index contributed by atoms with van der Waals surface area (Å²) in [5.41, 5.74) is 1.03. The molecule has 2 aromatic carbocycles. The zero-order chi connectivity index (χ0) is 19.4. The number of aromatic hydroxyl groups is 2. The molecule has 1 fully saturated rings. The van der Waals surface area contributed by atoms with Gasteiger partial charge in [-0.3, -0.25) is 19.3 Å². The molecular weight excluding hydrogens is 368 g/mol. The summed E-state index contributed by atoms with van der Waals surface area (Å²) in [7, 11) is 0. The average Bonchev–Trinajstić information content (AvgIpc) is 2.86. The Hall–Kier alpha value is -3.26. The maximum absolute atomic E-state index is 12.4. The normalized spacial score (nSPS) is 15.4. The molecule has 1 aliphatic heterocycles. The van der Waals surface area contributed by atoms with Gasteiger partial charge in [-0.2, -0.15) is 0 Å². The number of benzene rings is 2. The largest absolute Gasteiger partial charge is 0.508 e. The minimum absolute atomic E-state index is 0.0239. The Balaban J connectivity index is 1.61. The number of nitrogens with zero attached hydrogens (tertiary/aromatic N) is 1. The topological polar surface area (TPSA) is 107 Å². The number of thioether (sulfide) groups is 1. The molecule has 0 unspecified atom stereocenters. The van der Waals surface area contributed by atoms with E-state index in [0.717, 1.165) is 16.7 Å². The Morgan fingerprint density at radius 2 is 1.78 bits per heavy atom. The molecule has 0 aromatic heterocycles. The first-order valence-corrected chi connectivity index (χ1v) is 8.87. The van der Waals surface area contributed by atoms with Crippen LogP contribution >= 0.6 is 11.8 Å². The molecule has 2 aromatic rings. The molecule has 0 bridgehead atoms. The third kappa shape index (κ3) is 4.68. The molecular formula is C19H16N2O5S. The zero-order valence-electron chi connectivity index (χ0n) is 14.1. The van der Waals surface area contributed by atoms with Gasteiger partial charge >= 0.3 is 0 Å². The lowest BCUT2D eigenvalue weighted by molar-refractivity contribution is -0.123. The van der Waals surface area contributed by atoms with Gasteiger partial charge in [0.25, 0.3) is 11.1 Å². The Kier molecular flexibility index (Phi) is 5.46. The van der Waals surface area contributed by atoms with E-state index in [2.05, 4.69) is 5.32 Å². The van der Waals surface area contributed by atoms with Crippen molar-refractivity contribution in [2.75, 3.05) is 11.9 Å². The van der Waals surface area contributed by atoms with Crippen molar-refractivity contribution < 1.29 is 24.6 Å². The van der Waals surface area contributed by atoms with Crippen LogP contribution in [0.25, 0.3) is 6.08 Å². The Bertz CT molecular complexity index is 941. The SMILES string of the molecule is O=C(CCN1C(=O)S/C(=C\c2cccc(O)c2)C1=O)Nc1cccc(O)c1. The van der Waals surface area contributed by atoms with E-state index >= 15 is 0 Å². The summed E-state index contributed by atoms with van der Waals surface area (Å²) < 4.78 is 0. The maximum Gasteiger partial charge on any atom is 0.293 e. The number of phenols is 2. The fourth-order valence-corrected chi connectivity index (χ4v) is 3.34. The summed E-state index contributed by atoms with van der Waals surface area (Å²) in [4.78, 5) is 37.8. The fourth-order valence-electron chi connectivity index (χ4n) is 2.48. The van der Waals surface area contributed by atoms with Crippen LogP contribution < -0.4 is 5.32 Å². The average molecular weight is 384 g/mol. The number of amides is 3. The molecule has 3 amide bonds. The molecule has 3 N–H and O–H groups in total. The number of anilines is 1. The summed E-state index contributed by atoms with van der Waals surface area (Å²) in [6.07, 6.45) is 1.46. The van der Waals surface area contributed by atoms with E-state index < -0.39 is 11.1 Å². The second-order valence-corrected chi connectivity index (χ2v) is 6.77. The third-order valence-electron chi connectivity index (χ3n) is 3.73. The molecule has 0 radical (unpaired) electrons. The molecule has 1 saturated heterocycles. The molecule has 0 atom stereocenters. The predicted octanol–water partition coefficient (Wildman–Crippen LogP) is 3.16. The number of hydrogen-bond acceptors (Lipinski definition) is 6. The zero-order valence-corrected chi connectivity index (χ0v) is 14.9. The summed E-state index contributed by atoms with van der Waals surface area (Å²) in [5.74, 6) is -0.766. The van der Waals surface area contributed by atoms with E-state index in [-0.39, 0.29) is 35.3 Å². The van der Waals surface area contributed by atoms with E-state index in [1.54, 1.807) is 24.3 Å². The number of nitrogens with one attached hydrogen (secondary N) is 1. The van der Waals surface area contributed by atoms with Gasteiger partial charge in [-0.15, -0.1) is 0 Å². The first-order valence-electron chi connectivity index (χ1n) is 8.05. The van der Waals surface area contributed by atoms with Gasteiger partial charge in [-0.05, 0) is 47.7 Å². The lowest BCUT2D eigenvalue weighted by Crippen LogP contribution is -2.31. The van der Waals surface area contributed by atoms with Gasteiger partial charge in [-0.1, -0.05) is 18.2 Å². The second-order valence-electron chi connectivity index (χ2n) is 5.78. The van der Waals surface area contributed by atoms with Gasteiger partial charge in [0.15, 0.2) is 0 Å². The van der Waals surface area contributed by atoms with Gasteiger partial charge in [0.05, 0.1) is 4.91 Å². The van der Waals surface area contributed by atoms with Crippen LogP contribution in [0.2, 0.25) is 0 Å². The number of imide groups is 1. The Morgan fingerprint density at radius 3 is 2.48 bits per heavy atom. The fraction of sp³-hybridized carbons (Fsp3) is 0.105. The standard InChI is InChI=1S/C19H16N2O5S/c22-14-5-1-3-12(9-14)10-16-18(25)21(19(26)27-16)8-7-17(24)20-13-4-2-6-15(23)11-13/h1-6,9-11,22-23H,7-8H2,(H,20,24)/b16-10-. The number of hydrogen-bond donors (Lipinski definition) is 3. The minimum Gasteiger partial charge on any atom is -0.508 e. The second kappa shape index (κ2) is 7.96. The summed E-state index contributed by atoms with van der Waals surface area (Å²) in [6.45, 7) is -0.0489. The lowest BCUT2D eigenvalue weighted by atomic mass is 10.2. The van der Waals surface area contributed by atoms with Crippen LogP contribution in [0, 0.1) is 0 Å². The van der Waals surface area contributed by atoms with Crippen molar-refractivity contribution in [3.8, 4) is 11.5 Å². The van der Waals surface area contributed by atoms with Crippen LogP contribution in [0.1, 0.15) is 12.0 Å². The monoisotopic (exact) mass is 384 g/mol. The summed E-state index contributed by atoms with van der Waals surface area (Å²) in [5, 5.41) is 21.0. The van der Waals surface area contributed by atoms with Crippen molar-refractivity contribution in [3.63, 3.8) is 0 Å². The third-order valence-corrected chi connectivity index (χ3v) is 4.64. The number of carbonyl (C=O) groups is 3. The molecule has 1 aliphatic rings. The van der Waals surface area contributed by atoms with Crippen molar-refractivity contribution in [2.45, 2.75) is 6.42 Å². The highest BCUT2D eigenvalue weighted by molar-refractivity contribution is 8.18. The van der Waals surface area contributed by atoms with Crippen molar-refractivity contribution in [1.82, 2.24) is 4.90 Å². The van der Waals surface area contributed by atoms with Crippen LogP contribution in [-0.4, -0.2) is 38.7 Å². The van der Waals surface area contributed by atoms with E-state index in [1.165, 1.54) is 30.3 Å². The van der Waals surface area contributed by atoms with Gasteiger partial charge in [0.2, 0.25) is 5.91 Å². The first kappa shape index (κ1) is 18.5. The van der Waals surface area contributed by atoms with Crippen LogP contribution in [0.15, 0.2) is 53.4 Å². The van der Waals surface area contributed by atoms with Crippen LogP contribution in [0.5, 0.6) is 11.5 Å². The molecule has 3 rings (SSSR count). The first-order chi connectivity index (χ1) is 12.9. The minimum atomic E-state index is -0.474. The molecule has 8 heteroatoms. The molecule has 0 aliphatic carbocycles. The number of carbonyl (C=O) groups excluding carboxylic acids is 3. The molecule has 0 spiro atoms. The van der Waals surface area contributed by atoms with Gasteiger partial charge < -0.3 is 15.5 Å². The predicted molar refractivity (Wildman–Crippen MR) is 102 cm³/mol. The van der Waals surface area contributed by atoms with Crippen LogP contribution in [0.4, 0.5) is 10.5 Å². The molecule has 7 nitrogen and oxygen atoms in total. The molecule has 27 heavy (non-hydrogen) atoms. The van der Waals surface area contributed by atoms with Crippen LogP contribution in [-0.2, 0) is 9.59 Å². The van der Waals surface area contributed by atoms with Gasteiger partial charge in [0.1, 0.15) is 11.5 Å². The summed E-state index contributed by atoms with van der Waals surface area (Å²) in [6, 6.07) is 12.4. The van der Waals surface area contributed by atoms with E-state index in [4.69, 9.17) is 0 Å². The lowest BCUT2D eigenvalue weighted by Gasteiger charge is -2.12. The highest BCUT2D eigenvalue weighted by Crippen LogP contribution is 2.32. The smallest absolute Gasteiger partial charge is 0.293 e. The quantitative estimate of drug-likeness (QED) is 0.684. The Labute approximate surface area is 159 Å². The van der Waals surface area contributed by atoms with Crippen molar-refractivity contribution in [1.29, 1.82) is 0 Å². The van der Waals surface area contributed by atoms with Gasteiger partial charge in [-0.25, -0.2) is 0 Å². The van der Waals surface area contributed by atoms with Crippen molar-refractivity contribution in [3.05, 3.63) is 59.0 Å². The maximum atomic E-state index is 12.4.